The lowest BCUT2D eigenvalue weighted by Gasteiger charge is -2.21. The van der Waals surface area contributed by atoms with Gasteiger partial charge >= 0.3 is 0 Å². The van der Waals surface area contributed by atoms with E-state index in [1.54, 1.807) is 7.11 Å². The smallest absolute Gasteiger partial charge is 0.205 e. The van der Waals surface area contributed by atoms with Crippen LogP contribution in [0.1, 0.15) is 25.7 Å². The van der Waals surface area contributed by atoms with Crippen LogP contribution in [0.15, 0.2) is 4.99 Å². The Bertz CT molecular complexity index is 218. The van der Waals surface area contributed by atoms with E-state index in [1.165, 1.54) is 6.42 Å². The lowest BCUT2D eigenvalue weighted by Crippen LogP contribution is -2.42. The number of hydrogen-bond acceptors (Lipinski definition) is 4. The maximum atomic E-state index is 5.59. The molecule has 1 fully saturated rings. The summed E-state index contributed by atoms with van der Waals surface area (Å²) in [7, 11) is 1.69. The SMILES string of the molecule is COCCCNC(=NCC1CCCCO1)NN. The molecule has 0 radical (unpaired) electrons. The molecule has 1 unspecified atom stereocenters. The van der Waals surface area contributed by atoms with Gasteiger partial charge in [-0.1, -0.05) is 0 Å². The number of ether oxygens (including phenoxy) is 2. The Morgan fingerprint density at radius 2 is 2.41 bits per heavy atom. The molecule has 1 heterocycles. The van der Waals surface area contributed by atoms with Crippen LogP contribution in [0.3, 0.4) is 0 Å². The molecule has 0 aromatic heterocycles. The van der Waals surface area contributed by atoms with Crippen LogP contribution < -0.4 is 16.6 Å². The van der Waals surface area contributed by atoms with Crippen molar-refractivity contribution < 1.29 is 9.47 Å². The Labute approximate surface area is 103 Å². The summed E-state index contributed by atoms with van der Waals surface area (Å²) in [5.74, 6) is 6.01. The molecule has 0 spiro atoms. The van der Waals surface area contributed by atoms with Gasteiger partial charge in [0, 0.05) is 26.9 Å². The first kappa shape index (κ1) is 14.2. The van der Waals surface area contributed by atoms with E-state index in [0.717, 1.165) is 39.0 Å². The van der Waals surface area contributed by atoms with Crippen LogP contribution in [0.2, 0.25) is 0 Å². The van der Waals surface area contributed by atoms with E-state index in [9.17, 15) is 0 Å². The zero-order valence-electron chi connectivity index (χ0n) is 10.6. The molecule has 1 atom stereocenters. The zero-order valence-corrected chi connectivity index (χ0v) is 10.6. The third-order valence-electron chi connectivity index (χ3n) is 2.68. The predicted molar refractivity (Wildman–Crippen MR) is 67.7 cm³/mol. The van der Waals surface area contributed by atoms with Crippen LogP contribution in [-0.4, -0.2) is 45.5 Å². The standard InChI is InChI=1S/C11H24N4O2/c1-16-7-4-6-13-11(15-12)14-9-10-5-2-3-8-17-10/h10H,2-9,12H2,1H3,(H2,13,14,15). The number of hydrazine groups is 1. The van der Waals surface area contributed by atoms with Crippen LogP contribution in [0.5, 0.6) is 0 Å². The minimum atomic E-state index is 0.243. The van der Waals surface area contributed by atoms with Crippen LogP contribution in [0.4, 0.5) is 0 Å². The normalized spacial score (nSPS) is 21.3. The second kappa shape index (κ2) is 9.21. The Balaban J connectivity index is 2.18. The molecular formula is C11H24N4O2. The quantitative estimate of drug-likeness (QED) is 0.201. The molecule has 4 N–H and O–H groups in total. The summed E-state index contributed by atoms with van der Waals surface area (Å²) < 4.78 is 10.6. The van der Waals surface area contributed by atoms with Gasteiger partial charge in [-0.3, -0.25) is 5.43 Å². The van der Waals surface area contributed by atoms with E-state index >= 15 is 0 Å². The number of nitrogens with zero attached hydrogens (tertiary/aromatic N) is 1. The summed E-state index contributed by atoms with van der Waals surface area (Å²) in [5, 5.41) is 3.12. The molecular weight excluding hydrogens is 220 g/mol. The lowest BCUT2D eigenvalue weighted by atomic mass is 10.1. The van der Waals surface area contributed by atoms with E-state index in [1.807, 2.05) is 0 Å². The van der Waals surface area contributed by atoms with Crippen LogP contribution in [0.25, 0.3) is 0 Å². The molecule has 6 heteroatoms. The maximum Gasteiger partial charge on any atom is 0.205 e. The second-order valence-corrected chi connectivity index (χ2v) is 4.10. The van der Waals surface area contributed by atoms with Gasteiger partial charge in [0.25, 0.3) is 0 Å². The molecule has 0 bridgehead atoms. The van der Waals surface area contributed by atoms with Crippen molar-refractivity contribution in [3.8, 4) is 0 Å². The van der Waals surface area contributed by atoms with Crippen LogP contribution in [0, 0.1) is 0 Å². The van der Waals surface area contributed by atoms with Gasteiger partial charge in [-0.2, -0.15) is 0 Å². The van der Waals surface area contributed by atoms with Gasteiger partial charge in [0.2, 0.25) is 5.96 Å². The summed E-state index contributed by atoms with van der Waals surface area (Å²) in [6, 6.07) is 0. The minimum absolute atomic E-state index is 0.243. The summed E-state index contributed by atoms with van der Waals surface area (Å²) in [4.78, 5) is 4.37. The molecule has 0 aromatic carbocycles. The van der Waals surface area contributed by atoms with Crippen molar-refractivity contribution in [2.45, 2.75) is 31.8 Å². The number of methoxy groups -OCH3 is 1. The average molecular weight is 244 g/mol. The summed E-state index contributed by atoms with van der Waals surface area (Å²) in [5.41, 5.74) is 2.56. The molecule has 1 aliphatic rings. The fourth-order valence-electron chi connectivity index (χ4n) is 1.72. The Morgan fingerprint density at radius 3 is 3.06 bits per heavy atom. The summed E-state index contributed by atoms with van der Waals surface area (Å²) >= 11 is 0. The van der Waals surface area contributed by atoms with Gasteiger partial charge in [0.05, 0.1) is 12.6 Å². The van der Waals surface area contributed by atoms with Crippen LogP contribution in [-0.2, 0) is 9.47 Å². The fourth-order valence-corrected chi connectivity index (χ4v) is 1.72. The molecule has 1 aliphatic heterocycles. The van der Waals surface area contributed by atoms with E-state index in [4.69, 9.17) is 15.3 Å². The lowest BCUT2D eigenvalue weighted by molar-refractivity contribution is 0.0224. The van der Waals surface area contributed by atoms with Gasteiger partial charge in [0.1, 0.15) is 0 Å². The van der Waals surface area contributed by atoms with E-state index < -0.39 is 0 Å². The van der Waals surface area contributed by atoms with Crippen LogP contribution >= 0.6 is 0 Å². The highest BCUT2D eigenvalue weighted by Gasteiger charge is 2.13. The molecule has 100 valence electrons. The largest absolute Gasteiger partial charge is 0.385 e. The molecule has 6 nitrogen and oxygen atoms in total. The molecule has 17 heavy (non-hydrogen) atoms. The second-order valence-electron chi connectivity index (χ2n) is 4.10. The first-order valence-electron chi connectivity index (χ1n) is 6.22. The zero-order chi connectivity index (χ0) is 12.3. The maximum absolute atomic E-state index is 5.59. The Hall–Kier alpha value is -0.850. The highest BCUT2D eigenvalue weighted by molar-refractivity contribution is 5.79. The van der Waals surface area contributed by atoms with E-state index in [2.05, 4.69) is 15.7 Å². The van der Waals surface area contributed by atoms with Gasteiger partial charge < -0.3 is 14.8 Å². The highest BCUT2D eigenvalue weighted by atomic mass is 16.5. The fraction of sp³-hybridized carbons (Fsp3) is 0.909. The molecule has 0 saturated carbocycles. The topological polar surface area (TPSA) is 80.9 Å². The third-order valence-corrected chi connectivity index (χ3v) is 2.68. The van der Waals surface area contributed by atoms with Crippen molar-refractivity contribution in [1.82, 2.24) is 10.7 Å². The highest BCUT2D eigenvalue weighted by Crippen LogP contribution is 2.12. The number of nitrogens with one attached hydrogen (secondary N) is 2. The van der Waals surface area contributed by atoms with Gasteiger partial charge in [0.15, 0.2) is 0 Å². The monoisotopic (exact) mass is 244 g/mol. The van der Waals surface area contributed by atoms with Crippen molar-refractivity contribution in [3.63, 3.8) is 0 Å². The van der Waals surface area contributed by atoms with E-state index in [0.29, 0.717) is 12.5 Å². The summed E-state index contributed by atoms with van der Waals surface area (Å²) in [6.07, 6.45) is 4.65. The van der Waals surface area contributed by atoms with Crippen molar-refractivity contribution in [1.29, 1.82) is 0 Å². The van der Waals surface area contributed by atoms with Crippen molar-refractivity contribution in [3.05, 3.63) is 0 Å². The minimum Gasteiger partial charge on any atom is -0.385 e. The average Bonchev–Trinajstić information content (AvgIpc) is 2.39. The Morgan fingerprint density at radius 1 is 1.53 bits per heavy atom. The number of nitrogens with two attached hydrogens (primary N) is 1. The van der Waals surface area contributed by atoms with E-state index in [-0.39, 0.29) is 6.10 Å². The van der Waals surface area contributed by atoms with Crippen molar-refractivity contribution >= 4 is 5.96 Å². The first-order valence-corrected chi connectivity index (χ1v) is 6.22. The Kier molecular flexibility index (Phi) is 7.70. The molecule has 1 rings (SSSR count). The summed E-state index contributed by atoms with van der Waals surface area (Å²) in [6.45, 7) is 3.04. The first-order chi connectivity index (χ1) is 8.36. The van der Waals surface area contributed by atoms with Gasteiger partial charge in [-0.05, 0) is 25.7 Å². The molecule has 0 aliphatic carbocycles. The van der Waals surface area contributed by atoms with Gasteiger partial charge in [-0.15, -0.1) is 0 Å². The molecule has 0 aromatic rings. The van der Waals surface area contributed by atoms with Crippen molar-refractivity contribution in [2.24, 2.45) is 10.8 Å². The van der Waals surface area contributed by atoms with Crippen molar-refractivity contribution in [2.75, 3.05) is 33.4 Å². The third kappa shape index (κ3) is 6.45. The predicted octanol–water partition coefficient (Wildman–Crippen LogP) is 0.000900. The van der Waals surface area contributed by atoms with Gasteiger partial charge in [-0.25, -0.2) is 10.8 Å². The number of aliphatic imine (C=N–C) groups is 1. The number of hydrogen-bond donors (Lipinski definition) is 3. The number of guanidine groups is 1. The molecule has 0 amide bonds. The molecule has 1 saturated heterocycles. The number of rotatable bonds is 6.